The van der Waals surface area contributed by atoms with Crippen molar-refractivity contribution in [2.45, 2.75) is 59.3 Å². The lowest BCUT2D eigenvalue weighted by atomic mass is 9.87. The molecule has 1 fully saturated rings. The summed E-state index contributed by atoms with van der Waals surface area (Å²) in [6.45, 7) is 14.6. The van der Waals surface area contributed by atoms with Gasteiger partial charge < -0.3 is 15.5 Å². The molecular formula is C23H39N3. The van der Waals surface area contributed by atoms with Crippen LogP contribution in [-0.4, -0.2) is 44.7 Å². The molecule has 0 amide bonds. The van der Waals surface area contributed by atoms with Crippen LogP contribution in [0.15, 0.2) is 23.8 Å². The summed E-state index contributed by atoms with van der Waals surface area (Å²) in [5.41, 5.74) is 7.23. The van der Waals surface area contributed by atoms with E-state index >= 15 is 0 Å². The molecular weight excluding hydrogens is 318 g/mol. The second kappa shape index (κ2) is 10.7. The highest BCUT2D eigenvalue weighted by atomic mass is 15.1. The summed E-state index contributed by atoms with van der Waals surface area (Å²) in [6.07, 6.45) is 7.12. The maximum atomic E-state index is 3.71. The molecule has 0 unspecified atom stereocenters. The molecule has 0 radical (unpaired) electrons. The predicted octanol–water partition coefficient (Wildman–Crippen LogP) is 4.86. The molecule has 1 aromatic carbocycles. The maximum Gasteiger partial charge on any atom is 0.0375 e. The Morgan fingerprint density at radius 3 is 2.54 bits per heavy atom. The van der Waals surface area contributed by atoms with E-state index < -0.39 is 0 Å². The third-order valence-electron chi connectivity index (χ3n) is 6.05. The number of rotatable bonds is 9. The Morgan fingerprint density at radius 2 is 1.92 bits per heavy atom. The molecule has 26 heavy (non-hydrogen) atoms. The molecule has 0 bridgehead atoms. The first-order chi connectivity index (χ1) is 12.6. The van der Waals surface area contributed by atoms with Crippen molar-refractivity contribution in [1.29, 1.82) is 0 Å². The molecule has 1 aliphatic heterocycles. The van der Waals surface area contributed by atoms with Gasteiger partial charge in [-0.3, -0.25) is 0 Å². The fraction of sp³-hybridized carbons (Fsp3) is 0.652. The third kappa shape index (κ3) is 5.85. The zero-order chi connectivity index (χ0) is 18.9. The van der Waals surface area contributed by atoms with Crippen LogP contribution in [0.4, 0.5) is 5.69 Å². The van der Waals surface area contributed by atoms with Crippen molar-refractivity contribution in [3.05, 3.63) is 40.5 Å². The minimum absolute atomic E-state index is 0.711. The molecule has 2 N–H and O–H groups in total. The molecule has 2 rings (SSSR count). The van der Waals surface area contributed by atoms with Crippen LogP contribution in [0.5, 0.6) is 0 Å². The fourth-order valence-corrected chi connectivity index (χ4v) is 3.95. The molecule has 1 aromatic rings. The van der Waals surface area contributed by atoms with Crippen molar-refractivity contribution in [2.24, 2.45) is 0 Å². The smallest absolute Gasteiger partial charge is 0.0375 e. The number of piperidine rings is 1. The summed E-state index contributed by atoms with van der Waals surface area (Å²) in [7, 11) is 2.04. The Balaban J connectivity index is 1.99. The summed E-state index contributed by atoms with van der Waals surface area (Å²) < 4.78 is 0. The van der Waals surface area contributed by atoms with Crippen molar-refractivity contribution in [3.8, 4) is 0 Å². The molecule has 0 spiro atoms. The topological polar surface area (TPSA) is 27.3 Å². The lowest BCUT2D eigenvalue weighted by Crippen LogP contribution is -2.37. The van der Waals surface area contributed by atoms with Crippen LogP contribution in [0, 0.1) is 13.8 Å². The van der Waals surface area contributed by atoms with Crippen LogP contribution in [0.2, 0.25) is 0 Å². The second-order valence-electron chi connectivity index (χ2n) is 7.71. The van der Waals surface area contributed by atoms with Gasteiger partial charge in [0.1, 0.15) is 0 Å². The average Bonchev–Trinajstić information content (AvgIpc) is 2.67. The summed E-state index contributed by atoms with van der Waals surface area (Å²) in [5, 5.41) is 6.97. The number of likely N-dealkylation sites (tertiary alicyclic amines) is 1. The van der Waals surface area contributed by atoms with Crippen molar-refractivity contribution >= 4 is 5.69 Å². The van der Waals surface area contributed by atoms with Gasteiger partial charge in [-0.25, -0.2) is 0 Å². The molecule has 146 valence electrons. The lowest BCUT2D eigenvalue weighted by molar-refractivity contribution is 0.214. The number of hydrogen-bond donors (Lipinski definition) is 2. The predicted molar refractivity (Wildman–Crippen MR) is 115 cm³/mol. The molecule has 0 saturated carbocycles. The Morgan fingerprint density at radius 1 is 1.19 bits per heavy atom. The van der Waals surface area contributed by atoms with Crippen molar-refractivity contribution in [1.82, 2.24) is 10.2 Å². The van der Waals surface area contributed by atoms with Gasteiger partial charge in [0.2, 0.25) is 0 Å². The van der Waals surface area contributed by atoms with Gasteiger partial charge >= 0.3 is 0 Å². The summed E-state index contributed by atoms with van der Waals surface area (Å²) in [6, 6.07) is 4.86. The van der Waals surface area contributed by atoms with Crippen molar-refractivity contribution in [3.63, 3.8) is 0 Å². The van der Waals surface area contributed by atoms with Crippen LogP contribution < -0.4 is 10.6 Å². The van der Waals surface area contributed by atoms with Gasteiger partial charge in [0.25, 0.3) is 0 Å². The van der Waals surface area contributed by atoms with Crippen LogP contribution in [0.1, 0.15) is 62.1 Å². The van der Waals surface area contributed by atoms with Crippen LogP contribution in [0.25, 0.3) is 0 Å². The van der Waals surface area contributed by atoms with E-state index in [4.69, 9.17) is 0 Å². The van der Waals surface area contributed by atoms with Gasteiger partial charge in [-0.1, -0.05) is 24.6 Å². The van der Waals surface area contributed by atoms with E-state index in [1.807, 2.05) is 7.05 Å². The van der Waals surface area contributed by atoms with Crippen molar-refractivity contribution < 1.29 is 0 Å². The minimum Gasteiger partial charge on any atom is -0.384 e. The monoisotopic (exact) mass is 357 g/mol. The maximum absolute atomic E-state index is 3.71. The lowest BCUT2D eigenvalue weighted by Gasteiger charge is -2.32. The molecule has 1 heterocycles. The highest BCUT2D eigenvalue weighted by Gasteiger charge is 2.21. The largest absolute Gasteiger partial charge is 0.384 e. The van der Waals surface area contributed by atoms with Gasteiger partial charge in [-0.15, -0.1) is 0 Å². The van der Waals surface area contributed by atoms with E-state index in [0.717, 1.165) is 25.9 Å². The van der Waals surface area contributed by atoms with Gasteiger partial charge in [0.05, 0.1) is 0 Å². The van der Waals surface area contributed by atoms with Gasteiger partial charge in [0.15, 0.2) is 0 Å². The number of aryl methyl sites for hydroxylation is 1. The first-order valence-corrected chi connectivity index (χ1v) is 10.4. The molecule has 0 atom stereocenters. The minimum atomic E-state index is 0.711. The number of likely N-dealkylation sites (N-methyl/N-ethyl adjacent to an activating group) is 1. The van der Waals surface area contributed by atoms with Gasteiger partial charge in [-0.2, -0.15) is 0 Å². The van der Waals surface area contributed by atoms with E-state index in [2.05, 4.69) is 61.4 Å². The first kappa shape index (κ1) is 21.0. The molecule has 3 heteroatoms. The van der Waals surface area contributed by atoms with Crippen molar-refractivity contribution in [2.75, 3.05) is 45.1 Å². The van der Waals surface area contributed by atoms with E-state index in [1.165, 1.54) is 60.4 Å². The second-order valence-corrected chi connectivity index (χ2v) is 7.71. The molecule has 1 saturated heterocycles. The van der Waals surface area contributed by atoms with Crippen LogP contribution in [-0.2, 0) is 0 Å². The zero-order valence-corrected chi connectivity index (χ0v) is 17.6. The average molecular weight is 358 g/mol. The standard InChI is InChI=1S/C23H39N3/c1-6-20(7-2)8-11-25-23-17-22(16-18(3)19(23)4)21-9-13-26(14-10-21)15-12-24-5/h6,16-17,21,24-25H,7-15H2,1-5H3/b20-6-. The molecule has 3 nitrogen and oxygen atoms in total. The number of allylic oxidation sites excluding steroid dienone is 1. The van der Waals surface area contributed by atoms with E-state index in [1.54, 1.807) is 0 Å². The Labute approximate surface area is 161 Å². The van der Waals surface area contributed by atoms with Gasteiger partial charge in [0, 0.05) is 25.3 Å². The Bertz CT molecular complexity index is 583. The number of nitrogens with one attached hydrogen (secondary N) is 2. The SMILES string of the molecule is C/C=C(/CC)CCNc1cc(C2CCN(CCNC)CC2)cc(C)c1C. The number of nitrogens with zero attached hydrogens (tertiary/aromatic N) is 1. The van der Waals surface area contributed by atoms with E-state index in [-0.39, 0.29) is 0 Å². The highest BCUT2D eigenvalue weighted by Crippen LogP contribution is 2.32. The Kier molecular flexibility index (Phi) is 8.67. The molecule has 1 aliphatic rings. The number of hydrogen-bond acceptors (Lipinski definition) is 3. The normalized spacial score (nSPS) is 16.9. The fourth-order valence-electron chi connectivity index (χ4n) is 3.95. The van der Waals surface area contributed by atoms with Crippen LogP contribution in [0.3, 0.4) is 0 Å². The summed E-state index contributed by atoms with van der Waals surface area (Å²) in [5.74, 6) is 0.711. The van der Waals surface area contributed by atoms with Crippen LogP contribution >= 0.6 is 0 Å². The quantitative estimate of drug-likeness (QED) is 0.618. The van der Waals surface area contributed by atoms with E-state index in [0.29, 0.717) is 5.92 Å². The first-order valence-electron chi connectivity index (χ1n) is 10.4. The zero-order valence-electron chi connectivity index (χ0n) is 17.6. The van der Waals surface area contributed by atoms with E-state index in [9.17, 15) is 0 Å². The molecule has 0 aliphatic carbocycles. The summed E-state index contributed by atoms with van der Waals surface area (Å²) in [4.78, 5) is 2.59. The Hall–Kier alpha value is -1.32. The molecule has 0 aromatic heterocycles. The summed E-state index contributed by atoms with van der Waals surface area (Å²) >= 11 is 0. The number of benzene rings is 1. The van der Waals surface area contributed by atoms with Gasteiger partial charge in [-0.05, 0) is 95.3 Å². The highest BCUT2D eigenvalue weighted by molar-refractivity contribution is 5.56. The third-order valence-corrected chi connectivity index (χ3v) is 6.05. The number of anilines is 1.